The SMILES string of the molecule is Cc1nccn1CCCC(=O)NC1CCCN(c2cccc(F)c2)C1. The molecule has 1 fully saturated rings. The second kappa shape index (κ2) is 8.14. The largest absolute Gasteiger partial charge is 0.369 e. The maximum absolute atomic E-state index is 13.4. The number of rotatable bonds is 6. The molecule has 1 atom stereocenters. The molecule has 1 saturated heterocycles. The summed E-state index contributed by atoms with van der Waals surface area (Å²) in [6.45, 7) is 4.40. The van der Waals surface area contributed by atoms with E-state index in [-0.39, 0.29) is 17.8 Å². The molecule has 1 aromatic carbocycles. The monoisotopic (exact) mass is 344 g/mol. The van der Waals surface area contributed by atoms with Crippen LogP contribution in [0, 0.1) is 12.7 Å². The minimum atomic E-state index is -0.224. The highest BCUT2D eigenvalue weighted by molar-refractivity contribution is 5.76. The number of carbonyl (C=O) groups is 1. The lowest BCUT2D eigenvalue weighted by Crippen LogP contribution is -2.47. The third-order valence-corrected chi connectivity index (χ3v) is 4.69. The van der Waals surface area contributed by atoms with Gasteiger partial charge in [-0.05, 0) is 44.4 Å². The fourth-order valence-corrected chi connectivity index (χ4v) is 3.35. The van der Waals surface area contributed by atoms with Gasteiger partial charge in [0, 0.05) is 50.2 Å². The topological polar surface area (TPSA) is 50.2 Å². The highest BCUT2D eigenvalue weighted by Gasteiger charge is 2.21. The summed E-state index contributed by atoms with van der Waals surface area (Å²) in [5.41, 5.74) is 0.884. The van der Waals surface area contributed by atoms with Gasteiger partial charge in [0.05, 0.1) is 0 Å². The van der Waals surface area contributed by atoms with Crippen molar-refractivity contribution in [1.82, 2.24) is 14.9 Å². The quantitative estimate of drug-likeness (QED) is 0.877. The molecular weight excluding hydrogens is 319 g/mol. The van der Waals surface area contributed by atoms with Crippen LogP contribution >= 0.6 is 0 Å². The Balaban J connectivity index is 1.45. The van der Waals surface area contributed by atoms with E-state index in [0.29, 0.717) is 6.42 Å². The van der Waals surface area contributed by atoms with E-state index in [1.54, 1.807) is 18.3 Å². The molecule has 1 unspecified atom stereocenters. The molecule has 1 aromatic heterocycles. The van der Waals surface area contributed by atoms with Crippen LogP contribution in [0.1, 0.15) is 31.5 Å². The Bertz CT molecular complexity index is 715. The average Bonchev–Trinajstić information content (AvgIpc) is 3.00. The van der Waals surface area contributed by atoms with Gasteiger partial charge >= 0.3 is 0 Å². The number of hydrogen-bond acceptors (Lipinski definition) is 3. The zero-order valence-corrected chi connectivity index (χ0v) is 14.6. The van der Waals surface area contributed by atoms with Crippen molar-refractivity contribution >= 4 is 11.6 Å². The molecule has 0 aliphatic carbocycles. The van der Waals surface area contributed by atoms with Crippen LogP contribution in [0.5, 0.6) is 0 Å². The van der Waals surface area contributed by atoms with Gasteiger partial charge in [-0.25, -0.2) is 9.37 Å². The Kier molecular flexibility index (Phi) is 5.68. The summed E-state index contributed by atoms with van der Waals surface area (Å²) in [6, 6.07) is 6.78. The van der Waals surface area contributed by atoms with Gasteiger partial charge in [0.2, 0.25) is 5.91 Å². The smallest absolute Gasteiger partial charge is 0.220 e. The summed E-state index contributed by atoms with van der Waals surface area (Å²) in [4.78, 5) is 18.5. The van der Waals surface area contributed by atoms with Crippen LogP contribution in [-0.2, 0) is 11.3 Å². The molecule has 3 rings (SSSR count). The normalized spacial score (nSPS) is 17.5. The molecule has 25 heavy (non-hydrogen) atoms. The number of amides is 1. The highest BCUT2D eigenvalue weighted by atomic mass is 19.1. The lowest BCUT2D eigenvalue weighted by molar-refractivity contribution is -0.122. The summed E-state index contributed by atoms with van der Waals surface area (Å²) < 4.78 is 15.5. The molecule has 1 aliphatic rings. The molecule has 5 nitrogen and oxygen atoms in total. The molecular formula is C19H25FN4O. The van der Waals surface area contributed by atoms with Crippen molar-refractivity contribution < 1.29 is 9.18 Å². The Morgan fingerprint density at radius 2 is 2.32 bits per heavy atom. The first-order chi connectivity index (χ1) is 12.1. The van der Waals surface area contributed by atoms with E-state index in [1.807, 2.05) is 19.2 Å². The van der Waals surface area contributed by atoms with E-state index in [4.69, 9.17) is 0 Å². The fourth-order valence-electron chi connectivity index (χ4n) is 3.35. The van der Waals surface area contributed by atoms with E-state index < -0.39 is 0 Å². The van der Waals surface area contributed by atoms with Crippen molar-refractivity contribution in [2.45, 2.75) is 45.2 Å². The van der Waals surface area contributed by atoms with Crippen LogP contribution in [-0.4, -0.2) is 34.6 Å². The molecule has 1 aliphatic heterocycles. The number of carbonyl (C=O) groups excluding carboxylic acids is 1. The number of anilines is 1. The fraction of sp³-hybridized carbons (Fsp3) is 0.474. The first-order valence-corrected chi connectivity index (χ1v) is 8.89. The molecule has 0 radical (unpaired) electrons. The molecule has 6 heteroatoms. The van der Waals surface area contributed by atoms with Gasteiger partial charge in [0.1, 0.15) is 11.6 Å². The summed E-state index contributed by atoms with van der Waals surface area (Å²) >= 11 is 0. The van der Waals surface area contributed by atoms with Gasteiger partial charge in [0.15, 0.2) is 0 Å². The first-order valence-electron chi connectivity index (χ1n) is 8.89. The van der Waals surface area contributed by atoms with Gasteiger partial charge in [0.25, 0.3) is 0 Å². The average molecular weight is 344 g/mol. The number of nitrogens with one attached hydrogen (secondary N) is 1. The van der Waals surface area contributed by atoms with Gasteiger partial charge in [-0.3, -0.25) is 4.79 Å². The van der Waals surface area contributed by atoms with Crippen LogP contribution in [0.2, 0.25) is 0 Å². The number of benzene rings is 1. The maximum Gasteiger partial charge on any atom is 0.220 e. The van der Waals surface area contributed by atoms with Gasteiger partial charge in [-0.15, -0.1) is 0 Å². The lowest BCUT2D eigenvalue weighted by Gasteiger charge is -2.34. The molecule has 2 aromatic rings. The highest BCUT2D eigenvalue weighted by Crippen LogP contribution is 2.20. The predicted octanol–water partition coefficient (Wildman–Crippen LogP) is 2.90. The number of halogens is 1. The Hall–Kier alpha value is -2.37. The molecule has 0 saturated carbocycles. The maximum atomic E-state index is 13.4. The van der Waals surface area contributed by atoms with E-state index in [9.17, 15) is 9.18 Å². The third-order valence-electron chi connectivity index (χ3n) is 4.69. The van der Waals surface area contributed by atoms with Gasteiger partial charge in [-0.2, -0.15) is 0 Å². The standard InChI is InChI=1S/C19H25FN4O/c1-15-21-9-12-23(15)10-4-8-19(25)22-17-6-3-11-24(14-17)18-7-2-5-16(20)13-18/h2,5,7,9,12-13,17H,3-4,6,8,10-11,14H2,1H3,(H,22,25). The number of imidazole rings is 1. The molecule has 1 amide bonds. The van der Waals surface area contributed by atoms with Crippen molar-refractivity contribution in [2.75, 3.05) is 18.0 Å². The Morgan fingerprint density at radius 1 is 1.44 bits per heavy atom. The number of aromatic nitrogens is 2. The van der Waals surface area contributed by atoms with Crippen molar-refractivity contribution in [3.63, 3.8) is 0 Å². The Morgan fingerprint density at radius 3 is 3.08 bits per heavy atom. The number of piperidine rings is 1. The predicted molar refractivity (Wildman–Crippen MR) is 96.0 cm³/mol. The molecule has 1 N–H and O–H groups in total. The van der Waals surface area contributed by atoms with Crippen molar-refractivity contribution in [3.8, 4) is 0 Å². The molecule has 2 heterocycles. The van der Waals surface area contributed by atoms with Crippen LogP contribution < -0.4 is 10.2 Å². The number of hydrogen-bond donors (Lipinski definition) is 1. The lowest BCUT2D eigenvalue weighted by atomic mass is 10.0. The number of nitrogens with zero attached hydrogens (tertiary/aromatic N) is 3. The van der Waals surface area contributed by atoms with E-state index in [1.165, 1.54) is 6.07 Å². The molecule has 134 valence electrons. The minimum absolute atomic E-state index is 0.0869. The minimum Gasteiger partial charge on any atom is -0.369 e. The Labute approximate surface area is 147 Å². The third kappa shape index (κ3) is 4.81. The number of aryl methyl sites for hydroxylation is 2. The van der Waals surface area contributed by atoms with Crippen molar-refractivity contribution in [2.24, 2.45) is 0 Å². The van der Waals surface area contributed by atoms with E-state index in [2.05, 4.69) is 19.8 Å². The first kappa shape index (κ1) is 17.5. The van der Waals surface area contributed by atoms with Crippen molar-refractivity contribution in [3.05, 3.63) is 48.3 Å². The van der Waals surface area contributed by atoms with Crippen LogP contribution in [0.3, 0.4) is 0 Å². The van der Waals surface area contributed by atoms with E-state index >= 15 is 0 Å². The van der Waals surface area contributed by atoms with Gasteiger partial charge in [-0.1, -0.05) is 6.07 Å². The zero-order valence-electron chi connectivity index (χ0n) is 14.6. The summed E-state index contributed by atoms with van der Waals surface area (Å²) in [5.74, 6) is 0.834. The van der Waals surface area contributed by atoms with Crippen LogP contribution in [0.4, 0.5) is 10.1 Å². The summed E-state index contributed by atoms with van der Waals surface area (Å²) in [5, 5.41) is 3.13. The molecule has 0 bridgehead atoms. The van der Waals surface area contributed by atoms with Crippen LogP contribution in [0.25, 0.3) is 0 Å². The van der Waals surface area contributed by atoms with E-state index in [0.717, 1.165) is 50.4 Å². The summed E-state index contributed by atoms with van der Waals surface area (Å²) in [6.07, 6.45) is 6.98. The zero-order chi connectivity index (χ0) is 17.6. The second-order valence-electron chi connectivity index (χ2n) is 6.60. The van der Waals surface area contributed by atoms with Crippen molar-refractivity contribution in [1.29, 1.82) is 0 Å². The molecule has 0 spiro atoms. The van der Waals surface area contributed by atoms with Crippen LogP contribution in [0.15, 0.2) is 36.7 Å². The summed E-state index contributed by atoms with van der Waals surface area (Å²) in [7, 11) is 0. The second-order valence-corrected chi connectivity index (χ2v) is 6.60. The van der Waals surface area contributed by atoms with Gasteiger partial charge < -0.3 is 14.8 Å².